The van der Waals surface area contributed by atoms with E-state index in [0.29, 0.717) is 11.2 Å². The van der Waals surface area contributed by atoms with Crippen LogP contribution in [-0.4, -0.2) is 21.3 Å². The fourth-order valence-electron chi connectivity index (χ4n) is 1.20. The molecule has 3 heteroatoms. The summed E-state index contributed by atoms with van der Waals surface area (Å²) in [7, 11) is -0.650. The largest absolute Gasteiger partial charge is 0.328 e. The van der Waals surface area contributed by atoms with Gasteiger partial charge in [0.25, 0.3) is 0 Å². The molecule has 86 valence electrons. The van der Waals surface area contributed by atoms with Crippen molar-refractivity contribution in [2.45, 2.75) is 58.2 Å². The lowest BCUT2D eigenvalue weighted by molar-refractivity contribution is 0.592. The normalized spacial score (nSPS) is 18.1. The lowest BCUT2D eigenvalue weighted by atomic mass is 10.1. The third-order valence-corrected chi connectivity index (χ3v) is 4.67. The molecule has 0 aliphatic rings. The molecule has 3 unspecified atom stereocenters. The van der Waals surface area contributed by atoms with Gasteiger partial charge in [-0.2, -0.15) is 0 Å². The molecule has 0 aliphatic carbocycles. The van der Waals surface area contributed by atoms with E-state index in [1.165, 1.54) is 0 Å². The van der Waals surface area contributed by atoms with Crippen LogP contribution in [0.2, 0.25) is 0 Å². The topological polar surface area (TPSA) is 43.1 Å². The van der Waals surface area contributed by atoms with Crippen LogP contribution >= 0.6 is 0 Å². The lowest BCUT2D eigenvalue weighted by Crippen LogP contribution is -2.20. The summed E-state index contributed by atoms with van der Waals surface area (Å²) in [6.07, 6.45) is 3.20. The minimum Gasteiger partial charge on any atom is -0.328 e. The Balaban J connectivity index is 3.54. The summed E-state index contributed by atoms with van der Waals surface area (Å²) in [5, 5.41) is 0.324. The summed E-state index contributed by atoms with van der Waals surface area (Å²) < 4.78 is 11.7. The zero-order valence-electron chi connectivity index (χ0n) is 9.95. The van der Waals surface area contributed by atoms with Crippen molar-refractivity contribution in [1.82, 2.24) is 0 Å². The lowest BCUT2D eigenvalue weighted by Gasteiger charge is -2.14. The van der Waals surface area contributed by atoms with Gasteiger partial charge in [-0.1, -0.05) is 27.2 Å². The van der Waals surface area contributed by atoms with Gasteiger partial charge in [-0.25, -0.2) is 0 Å². The van der Waals surface area contributed by atoms with Gasteiger partial charge in [0.05, 0.1) is 0 Å². The van der Waals surface area contributed by atoms with Gasteiger partial charge < -0.3 is 5.73 Å². The Morgan fingerprint density at radius 3 is 2.14 bits per heavy atom. The number of hydrogen-bond acceptors (Lipinski definition) is 2. The monoisotopic (exact) mass is 219 g/mol. The quantitative estimate of drug-likeness (QED) is 0.668. The molecule has 0 rings (SSSR count). The fraction of sp³-hybridized carbons (Fsp3) is 1.00. The van der Waals surface area contributed by atoms with Crippen molar-refractivity contribution in [2.75, 3.05) is 5.75 Å². The van der Waals surface area contributed by atoms with Gasteiger partial charge in [0, 0.05) is 27.8 Å². The van der Waals surface area contributed by atoms with E-state index in [4.69, 9.17) is 5.73 Å². The first-order chi connectivity index (χ1) is 6.45. The highest BCUT2D eigenvalue weighted by molar-refractivity contribution is 7.85. The standard InChI is InChI=1S/C11H25NOS/c1-9(2)11(4)14(13)8-6-5-7-10(3)12/h9-11H,5-8,12H2,1-4H3. The Kier molecular flexibility index (Phi) is 7.47. The van der Waals surface area contributed by atoms with Gasteiger partial charge in [-0.15, -0.1) is 0 Å². The molecule has 0 saturated heterocycles. The molecule has 0 saturated carbocycles. The molecule has 0 radical (unpaired) electrons. The van der Waals surface area contributed by atoms with Crippen LogP contribution in [0.25, 0.3) is 0 Å². The highest BCUT2D eigenvalue weighted by atomic mass is 32.2. The van der Waals surface area contributed by atoms with Crippen LogP contribution in [0.5, 0.6) is 0 Å². The fourth-order valence-corrected chi connectivity index (χ4v) is 2.67. The molecule has 14 heavy (non-hydrogen) atoms. The predicted octanol–water partition coefficient (Wildman–Crippen LogP) is 2.30. The zero-order chi connectivity index (χ0) is 11.1. The Morgan fingerprint density at radius 2 is 1.71 bits per heavy atom. The highest BCUT2D eigenvalue weighted by Crippen LogP contribution is 2.10. The maximum absolute atomic E-state index is 11.7. The number of rotatable bonds is 7. The Bertz CT molecular complexity index is 169. The van der Waals surface area contributed by atoms with Crippen molar-refractivity contribution >= 4 is 10.8 Å². The van der Waals surface area contributed by atoms with Crippen LogP contribution in [0.4, 0.5) is 0 Å². The molecule has 0 bridgehead atoms. The predicted molar refractivity (Wildman–Crippen MR) is 64.8 cm³/mol. The molecule has 0 amide bonds. The average Bonchev–Trinajstić information content (AvgIpc) is 2.10. The summed E-state index contributed by atoms with van der Waals surface area (Å²) in [5.41, 5.74) is 5.64. The number of hydrogen-bond donors (Lipinski definition) is 1. The molecule has 0 heterocycles. The SMILES string of the molecule is CC(N)CCCCS(=O)C(C)C(C)C. The second kappa shape index (κ2) is 7.41. The Morgan fingerprint density at radius 1 is 1.14 bits per heavy atom. The third-order valence-electron chi connectivity index (χ3n) is 2.61. The van der Waals surface area contributed by atoms with Crippen molar-refractivity contribution < 1.29 is 4.21 Å². The van der Waals surface area contributed by atoms with Crippen molar-refractivity contribution in [3.8, 4) is 0 Å². The molecule has 0 spiro atoms. The second-order valence-electron chi connectivity index (χ2n) is 4.51. The molecule has 0 fully saturated rings. The van der Waals surface area contributed by atoms with E-state index in [2.05, 4.69) is 20.8 Å². The van der Waals surface area contributed by atoms with Crippen LogP contribution in [0.1, 0.15) is 47.0 Å². The van der Waals surface area contributed by atoms with Gasteiger partial charge in [0.1, 0.15) is 0 Å². The van der Waals surface area contributed by atoms with E-state index in [1.54, 1.807) is 0 Å². The van der Waals surface area contributed by atoms with Gasteiger partial charge in [-0.05, 0) is 25.7 Å². The van der Waals surface area contributed by atoms with Crippen molar-refractivity contribution in [3.05, 3.63) is 0 Å². The van der Waals surface area contributed by atoms with Crippen LogP contribution in [0, 0.1) is 5.92 Å². The average molecular weight is 219 g/mol. The minimum absolute atomic E-state index is 0.283. The summed E-state index contributed by atoms with van der Waals surface area (Å²) in [5.74, 6) is 1.36. The van der Waals surface area contributed by atoms with Gasteiger partial charge in [-0.3, -0.25) is 4.21 Å². The maximum Gasteiger partial charge on any atom is 0.0342 e. The van der Waals surface area contributed by atoms with Gasteiger partial charge in [0.2, 0.25) is 0 Å². The van der Waals surface area contributed by atoms with E-state index in [0.717, 1.165) is 25.0 Å². The van der Waals surface area contributed by atoms with Gasteiger partial charge in [0.15, 0.2) is 0 Å². The molecule has 0 aromatic rings. The summed E-state index contributed by atoms with van der Waals surface area (Å²) in [6.45, 7) is 8.36. The first-order valence-electron chi connectivity index (χ1n) is 5.58. The van der Waals surface area contributed by atoms with Crippen LogP contribution in [0.15, 0.2) is 0 Å². The van der Waals surface area contributed by atoms with Crippen molar-refractivity contribution in [3.63, 3.8) is 0 Å². The number of unbranched alkanes of at least 4 members (excludes halogenated alkanes) is 1. The zero-order valence-corrected chi connectivity index (χ0v) is 10.8. The molecule has 0 aliphatic heterocycles. The second-order valence-corrected chi connectivity index (χ2v) is 6.42. The third kappa shape index (κ3) is 6.55. The van der Waals surface area contributed by atoms with Crippen molar-refractivity contribution in [1.29, 1.82) is 0 Å². The summed E-state index contributed by atoms with van der Waals surface area (Å²) >= 11 is 0. The Hall–Kier alpha value is 0.110. The van der Waals surface area contributed by atoms with Crippen LogP contribution in [0.3, 0.4) is 0 Å². The van der Waals surface area contributed by atoms with E-state index in [1.807, 2.05) is 6.92 Å². The molecular formula is C11H25NOS. The molecular weight excluding hydrogens is 194 g/mol. The first-order valence-corrected chi connectivity index (χ1v) is 6.96. The number of nitrogens with two attached hydrogens (primary N) is 1. The van der Waals surface area contributed by atoms with E-state index >= 15 is 0 Å². The minimum atomic E-state index is -0.650. The van der Waals surface area contributed by atoms with Crippen molar-refractivity contribution in [2.24, 2.45) is 11.7 Å². The van der Waals surface area contributed by atoms with E-state index < -0.39 is 10.8 Å². The highest BCUT2D eigenvalue weighted by Gasteiger charge is 2.14. The molecule has 0 aromatic heterocycles. The van der Waals surface area contributed by atoms with E-state index in [-0.39, 0.29) is 6.04 Å². The first kappa shape index (κ1) is 14.1. The smallest absolute Gasteiger partial charge is 0.0342 e. The van der Waals surface area contributed by atoms with Crippen LogP contribution < -0.4 is 5.73 Å². The molecule has 3 atom stereocenters. The summed E-state index contributed by atoms with van der Waals surface area (Å²) in [4.78, 5) is 0. The summed E-state index contributed by atoms with van der Waals surface area (Å²) in [6, 6.07) is 0.283. The van der Waals surface area contributed by atoms with Gasteiger partial charge >= 0.3 is 0 Å². The molecule has 0 aromatic carbocycles. The maximum atomic E-state index is 11.7. The van der Waals surface area contributed by atoms with Crippen LogP contribution in [-0.2, 0) is 10.8 Å². The molecule has 2 nitrogen and oxygen atoms in total. The Labute approximate surface area is 91.1 Å². The molecule has 2 N–H and O–H groups in total. The van der Waals surface area contributed by atoms with E-state index in [9.17, 15) is 4.21 Å².